The molecule has 1 unspecified atom stereocenters. The standard InChI is InChI=1S/C18H31NO2/c1-12(2)9-18(10-13(3)4)11-15(20)19-17(21)16(18)14-7-5-6-8-14/h12-14,16H,5-11H2,1-4H3,(H,19,20,21). The zero-order valence-corrected chi connectivity index (χ0v) is 14.1. The van der Waals surface area contributed by atoms with E-state index in [2.05, 4.69) is 33.0 Å². The van der Waals surface area contributed by atoms with E-state index < -0.39 is 0 Å². The molecule has 3 nitrogen and oxygen atoms in total. The van der Waals surface area contributed by atoms with Crippen LogP contribution in [0.15, 0.2) is 0 Å². The summed E-state index contributed by atoms with van der Waals surface area (Å²) in [4.78, 5) is 24.7. The minimum atomic E-state index is -0.114. The average molecular weight is 293 g/mol. The van der Waals surface area contributed by atoms with Crippen LogP contribution in [0.2, 0.25) is 0 Å². The normalized spacial score (nSPS) is 26.7. The first-order valence-electron chi connectivity index (χ1n) is 8.68. The number of nitrogens with one attached hydrogen (secondary N) is 1. The van der Waals surface area contributed by atoms with Crippen molar-refractivity contribution in [3.63, 3.8) is 0 Å². The Morgan fingerprint density at radius 1 is 1.05 bits per heavy atom. The van der Waals surface area contributed by atoms with Crippen LogP contribution in [0.1, 0.15) is 72.6 Å². The lowest BCUT2D eigenvalue weighted by Gasteiger charge is -2.47. The minimum absolute atomic E-state index is 0.0134. The van der Waals surface area contributed by atoms with E-state index in [1.54, 1.807) is 0 Å². The van der Waals surface area contributed by atoms with E-state index in [1.165, 1.54) is 12.8 Å². The molecule has 120 valence electrons. The molecule has 2 aliphatic rings. The Labute approximate surface area is 129 Å². The maximum Gasteiger partial charge on any atom is 0.230 e. The van der Waals surface area contributed by atoms with Gasteiger partial charge in [-0.25, -0.2) is 0 Å². The zero-order valence-electron chi connectivity index (χ0n) is 14.1. The highest BCUT2D eigenvalue weighted by Crippen LogP contribution is 2.51. The summed E-state index contributed by atoms with van der Waals surface area (Å²) >= 11 is 0. The van der Waals surface area contributed by atoms with Gasteiger partial charge in [0.25, 0.3) is 0 Å². The van der Waals surface area contributed by atoms with Crippen LogP contribution >= 0.6 is 0 Å². The van der Waals surface area contributed by atoms with Gasteiger partial charge < -0.3 is 0 Å². The summed E-state index contributed by atoms with van der Waals surface area (Å²) < 4.78 is 0. The van der Waals surface area contributed by atoms with Gasteiger partial charge in [-0.2, -0.15) is 0 Å². The lowest BCUT2D eigenvalue weighted by atomic mass is 9.58. The lowest BCUT2D eigenvalue weighted by molar-refractivity contribution is -0.148. The maximum atomic E-state index is 12.6. The number of rotatable bonds is 5. The second-order valence-corrected chi connectivity index (χ2v) is 8.17. The van der Waals surface area contributed by atoms with E-state index in [-0.39, 0.29) is 23.1 Å². The quantitative estimate of drug-likeness (QED) is 0.781. The van der Waals surface area contributed by atoms with Gasteiger partial charge >= 0.3 is 0 Å². The minimum Gasteiger partial charge on any atom is -0.296 e. The number of carbonyl (C=O) groups is 2. The number of hydrogen-bond donors (Lipinski definition) is 1. The molecule has 1 aliphatic carbocycles. The molecule has 1 N–H and O–H groups in total. The first-order chi connectivity index (χ1) is 9.84. The van der Waals surface area contributed by atoms with Gasteiger partial charge in [0.15, 0.2) is 0 Å². The van der Waals surface area contributed by atoms with Crippen molar-refractivity contribution >= 4 is 11.8 Å². The van der Waals surface area contributed by atoms with E-state index in [0.717, 1.165) is 25.7 Å². The van der Waals surface area contributed by atoms with Crippen LogP contribution in [0.5, 0.6) is 0 Å². The Morgan fingerprint density at radius 3 is 2.05 bits per heavy atom. The first-order valence-corrected chi connectivity index (χ1v) is 8.68. The molecule has 3 heteroatoms. The van der Waals surface area contributed by atoms with Crippen LogP contribution in [0, 0.1) is 29.1 Å². The predicted molar refractivity (Wildman–Crippen MR) is 84.6 cm³/mol. The van der Waals surface area contributed by atoms with Gasteiger partial charge in [0.2, 0.25) is 11.8 Å². The molecule has 2 rings (SSSR count). The Morgan fingerprint density at radius 2 is 1.57 bits per heavy atom. The molecule has 0 bridgehead atoms. The molecule has 0 radical (unpaired) electrons. The maximum absolute atomic E-state index is 12.6. The van der Waals surface area contributed by atoms with Crippen LogP contribution < -0.4 is 5.32 Å². The largest absolute Gasteiger partial charge is 0.296 e. The molecule has 2 fully saturated rings. The van der Waals surface area contributed by atoms with Crippen molar-refractivity contribution in [2.75, 3.05) is 0 Å². The topological polar surface area (TPSA) is 46.2 Å². The summed E-state index contributed by atoms with van der Waals surface area (Å²) in [5.41, 5.74) is -0.114. The molecule has 0 aromatic carbocycles. The van der Waals surface area contributed by atoms with Crippen molar-refractivity contribution in [1.29, 1.82) is 0 Å². The highest BCUT2D eigenvalue weighted by Gasteiger charge is 2.51. The summed E-state index contributed by atoms with van der Waals surface area (Å²) in [6.07, 6.45) is 7.31. The third-order valence-corrected chi connectivity index (χ3v) is 5.22. The van der Waals surface area contributed by atoms with Crippen molar-refractivity contribution in [2.24, 2.45) is 29.1 Å². The fourth-order valence-corrected chi connectivity index (χ4v) is 5.08. The molecule has 21 heavy (non-hydrogen) atoms. The summed E-state index contributed by atoms with van der Waals surface area (Å²) in [5.74, 6) is 1.52. The van der Waals surface area contributed by atoms with Gasteiger partial charge in [-0.05, 0) is 48.9 Å². The molecule has 0 spiro atoms. The Kier molecular flexibility index (Phi) is 5.11. The summed E-state index contributed by atoms with van der Waals surface area (Å²) in [7, 11) is 0. The van der Waals surface area contributed by atoms with Crippen molar-refractivity contribution in [1.82, 2.24) is 5.32 Å². The van der Waals surface area contributed by atoms with Gasteiger partial charge in [0.1, 0.15) is 0 Å². The van der Waals surface area contributed by atoms with E-state index in [1.807, 2.05) is 0 Å². The lowest BCUT2D eigenvalue weighted by Crippen LogP contribution is -2.55. The number of imide groups is 1. The van der Waals surface area contributed by atoms with Gasteiger partial charge in [-0.1, -0.05) is 40.5 Å². The molecule has 1 aliphatic heterocycles. The molecule has 1 saturated carbocycles. The highest BCUT2D eigenvalue weighted by atomic mass is 16.2. The molecule has 0 aromatic heterocycles. The van der Waals surface area contributed by atoms with Crippen LogP contribution in [-0.2, 0) is 9.59 Å². The first kappa shape index (κ1) is 16.5. The number of amides is 2. The smallest absolute Gasteiger partial charge is 0.230 e. The molecule has 0 aromatic rings. The van der Waals surface area contributed by atoms with Crippen LogP contribution in [0.3, 0.4) is 0 Å². The summed E-state index contributed by atoms with van der Waals surface area (Å²) in [6, 6.07) is 0. The fourth-order valence-electron chi connectivity index (χ4n) is 5.08. The van der Waals surface area contributed by atoms with Crippen LogP contribution in [-0.4, -0.2) is 11.8 Å². The Balaban J connectivity index is 2.36. The fraction of sp³-hybridized carbons (Fsp3) is 0.889. The van der Waals surface area contributed by atoms with E-state index >= 15 is 0 Å². The predicted octanol–water partition coefficient (Wildman–Crippen LogP) is 3.92. The van der Waals surface area contributed by atoms with E-state index in [4.69, 9.17) is 0 Å². The Bertz CT molecular complexity index is 384. The van der Waals surface area contributed by atoms with Gasteiger partial charge in [-0.3, -0.25) is 14.9 Å². The van der Waals surface area contributed by atoms with E-state index in [9.17, 15) is 9.59 Å². The van der Waals surface area contributed by atoms with Crippen molar-refractivity contribution in [2.45, 2.75) is 72.6 Å². The Hall–Kier alpha value is -0.860. The van der Waals surface area contributed by atoms with Crippen molar-refractivity contribution < 1.29 is 9.59 Å². The molecule has 1 atom stereocenters. The number of piperidine rings is 1. The van der Waals surface area contributed by atoms with E-state index in [0.29, 0.717) is 24.2 Å². The third-order valence-electron chi connectivity index (χ3n) is 5.22. The molecular weight excluding hydrogens is 262 g/mol. The second-order valence-electron chi connectivity index (χ2n) is 8.17. The highest BCUT2D eigenvalue weighted by molar-refractivity contribution is 5.99. The monoisotopic (exact) mass is 293 g/mol. The summed E-state index contributed by atoms with van der Waals surface area (Å²) in [6.45, 7) is 8.85. The van der Waals surface area contributed by atoms with Crippen LogP contribution in [0.4, 0.5) is 0 Å². The molecule has 1 saturated heterocycles. The third kappa shape index (κ3) is 3.67. The molecule has 1 heterocycles. The number of hydrogen-bond acceptors (Lipinski definition) is 2. The second kappa shape index (κ2) is 6.50. The number of carbonyl (C=O) groups excluding carboxylic acids is 2. The molecular formula is C18H31NO2. The van der Waals surface area contributed by atoms with Gasteiger partial charge in [-0.15, -0.1) is 0 Å². The van der Waals surface area contributed by atoms with Gasteiger partial charge in [0.05, 0.1) is 0 Å². The van der Waals surface area contributed by atoms with Crippen LogP contribution in [0.25, 0.3) is 0 Å². The summed E-state index contributed by atoms with van der Waals surface area (Å²) in [5, 5.41) is 2.63. The van der Waals surface area contributed by atoms with Crippen molar-refractivity contribution in [3.8, 4) is 0 Å². The average Bonchev–Trinajstić information content (AvgIpc) is 2.78. The van der Waals surface area contributed by atoms with Crippen molar-refractivity contribution in [3.05, 3.63) is 0 Å². The molecule has 2 amide bonds. The SMILES string of the molecule is CC(C)CC1(CC(C)C)CC(=O)NC(=O)C1C1CCCC1. The van der Waals surface area contributed by atoms with Gasteiger partial charge in [0, 0.05) is 12.3 Å². The zero-order chi connectivity index (χ0) is 15.6.